The molecule has 0 fully saturated rings. The minimum absolute atomic E-state index is 0.315. The van der Waals surface area contributed by atoms with Gasteiger partial charge in [0.15, 0.2) is 5.82 Å². The van der Waals surface area contributed by atoms with E-state index in [4.69, 9.17) is 4.42 Å². The first kappa shape index (κ1) is 16.5. The molecule has 0 unspecified atom stereocenters. The number of benzene rings is 2. The highest BCUT2D eigenvalue weighted by Gasteiger charge is 2.10. The molecule has 2 heterocycles. The highest BCUT2D eigenvalue weighted by molar-refractivity contribution is 7.97. The van der Waals surface area contributed by atoms with Gasteiger partial charge in [0.1, 0.15) is 12.1 Å². The topological polar surface area (TPSA) is 69.6 Å². The van der Waals surface area contributed by atoms with Crippen molar-refractivity contribution >= 4 is 11.8 Å². The summed E-state index contributed by atoms with van der Waals surface area (Å²) in [4.78, 5) is 4.41. The van der Waals surface area contributed by atoms with Crippen molar-refractivity contribution in [2.24, 2.45) is 0 Å². The molecule has 0 spiro atoms. The summed E-state index contributed by atoms with van der Waals surface area (Å²) in [6.07, 6.45) is 1.59. The van der Waals surface area contributed by atoms with Crippen molar-refractivity contribution in [3.05, 3.63) is 78.2 Å². The van der Waals surface area contributed by atoms with Crippen molar-refractivity contribution in [1.82, 2.24) is 25.2 Å². The van der Waals surface area contributed by atoms with Crippen molar-refractivity contribution in [2.45, 2.75) is 11.5 Å². The normalized spacial score (nSPS) is 11.0. The minimum Gasteiger partial charge on any atom is -0.444 e. The largest absolute Gasteiger partial charge is 0.444 e. The molecular weight excluding hydrogens is 353 g/mol. The van der Waals surface area contributed by atoms with Gasteiger partial charge in [0, 0.05) is 11.3 Å². The molecule has 0 atom stereocenters. The zero-order valence-electron chi connectivity index (χ0n) is 13.6. The molecule has 0 aliphatic carbocycles. The molecule has 0 amide bonds. The lowest BCUT2D eigenvalue weighted by Gasteiger charge is -2.03. The Morgan fingerprint density at radius 1 is 1.04 bits per heavy atom. The van der Waals surface area contributed by atoms with Crippen molar-refractivity contribution in [1.29, 1.82) is 0 Å². The van der Waals surface area contributed by atoms with E-state index in [2.05, 4.69) is 20.5 Å². The Hall–Kier alpha value is -3.00. The van der Waals surface area contributed by atoms with Crippen LogP contribution in [0, 0.1) is 5.82 Å². The van der Waals surface area contributed by atoms with Crippen LogP contribution in [0.2, 0.25) is 0 Å². The molecule has 4 aromatic rings. The third-order valence-electron chi connectivity index (χ3n) is 3.64. The van der Waals surface area contributed by atoms with Gasteiger partial charge in [0.05, 0.1) is 17.1 Å². The number of halogens is 1. The SMILES string of the molecule is Fc1cccc(-c2nc(CSCc3nnnn3-c3ccccc3)co2)c1. The van der Waals surface area contributed by atoms with Gasteiger partial charge in [-0.2, -0.15) is 4.68 Å². The highest BCUT2D eigenvalue weighted by Crippen LogP contribution is 2.23. The zero-order valence-corrected chi connectivity index (χ0v) is 14.4. The van der Waals surface area contributed by atoms with E-state index in [1.807, 2.05) is 30.3 Å². The Balaban J connectivity index is 1.40. The summed E-state index contributed by atoms with van der Waals surface area (Å²) in [6.45, 7) is 0. The number of thioether (sulfide) groups is 1. The third kappa shape index (κ3) is 3.65. The van der Waals surface area contributed by atoms with Crippen LogP contribution < -0.4 is 0 Å². The van der Waals surface area contributed by atoms with E-state index in [1.54, 1.807) is 34.8 Å². The molecular formula is C18H14FN5OS. The number of nitrogens with zero attached hydrogens (tertiary/aromatic N) is 5. The van der Waals surface area contributed by atoms with Crippen LogP contribution in [0.15, 0.2) is 65.3 Å². The van der Waals surface area contributed by atoms with Gasteiger partial charge in [0.25, 0.3) is 0 Å². The van der Waals surface area contributed by atoms with Crippen LogP contribution in [0.5, 0.6) is 0 Å². The molecule has 26 heavy (non-hydrogen) atoms. The molecule has 0 radical (unpaired) electrons. The number of aromatic nitrogens is 5. The quantitative estimate of drug-likeness (QED) is 0.515. The number of oxazole rings is 1. The molecule has 0 saturated carbocycles. The summed E-state index contributed by atoms with van der Waals surface area (Å²) in [5.74, 6) is 2.12. The second-order valence-corrected chi connectivity index (χ2v) is 6.48. The summed E-state index contributed by atoms with van der Waals surface area (Å²) in [7, 11) is 0. The van der Waals surface area contributed by atoms with E-state index in [9.17, 15) is 4.39 Å². The van der Waals surface area contributed by atoms with Gasteiger partial charge in [-0.15, -0.1) is 16.9 Å². The number of para-hydroxylation sites is 1. The minimum atomic E-state index is -0.315. The third-order valence-corrected chi connectivity index (χ3v) is 4.60. The first-order valence-corrected chi connectivity index (χ1v) is 9.06. The number of tetrazole rings is 1. The van der Waals surface area contributed by atoms with Gasteiger partial charge in [-0.05, 0) is 40.8 Å². The summed E-state index contributed by atoms with van der Waals surface area (Å²) in [5, 5.41) is 11.9. The zero-order chi connectivity index (χ0) is 17.8. The van der Waals surface area contributed by atoms with Crippen LogP contribution in [0.4, 0.5) is 4.39 Å². The second-order valence-electron chi connectivity index (χ2n) is 5.49. The maximum absolute atomic E-state index is 13.3. The fraction of sp³-hybridized carbons (Fsp3) is 0.111. The molecule has 6 nitrogen and oxygen atoms in total. The summed E-state index contributed by atoms with van der Waals surface area (Å²) in [5.41, 5.74) is 2.32. The Bertz CT molecular complexity index is 1000. The first-order chi connectivity index (χ1) is 12.8. The number of rotatable bonds is 6. The van der Waals surface area contributed by atoms with E-state index in [0.717, 1.165) is 17.2 Å². The monoisotopic (exact) mass is 367 g/mol. The van der Waals surface area contributed by atoms with Gasteiger partial charge in [0.2, 0.25) is 5.89 Å². The van der Waals surface area contributed by atoms with Crippen molar-refractivity contribution < 1.29 is 8.81 Å². The van der Waals surface area contributed by atoms with Crippen LogP contribution in [0.25, 0.3) is 17.1 Å². The van der Waals surface area contributed by atoms with E-state index < -0.39 is 0 Å². The Labute approximate surface area is 153 Å². The molecule has 0 aliphatic rings. The van der Waals surface area contributed by atoms with Gasteiger partial charge < -0.3 is 4.42 Å². The summed E-state index contributed by atoms with van der Waals surface area (Å²) >= 11 is 1.62. The first-order valence-electron chi connectivity index (χ1n) is 7.90. The van der Waals surface area contributed by atoms with Gasteiger partial charge >= 0.3 is 0 Å². The molecule has 2 aromatic heterocycles. The van der Waals surface area contributed by atoms with E-state index in [0.29, 0.717) is 23.0 Å². The van der Waals surface area contributed by atoms with Gasteiger partial charge in [-0.25, -0.2) is 9.37 Å². The van der Waals surface area contributed by atoms with Crippen molar-refractivity contribution in [2.75, 3.05) is 0 Å². The average molecular weight is 367 g/mol. The van der Waals surface area contributed by atoms with Crippen LogP contribution in [-0.4, -0.2) is 25.2 Å². The molecule has 0 N–H and O–H groups in total. The lowest BCUT2D eigenvalue weighted by atomic mass is 10.2. The molecule has 0 aliphatic heterocycles. The molecule has 8 heteroatoms. The smallest absolute Gasteiger partial charge is 0.226 e. The fourth-order valence-electron chi connectivity index (χ4n) is 2.44. The van der Waals surface area contributed by atoms with Crippen LogP contribution in [0.3, 0.4) is 0 Å². The van der Waals surface area contributed by atoms with E-state index in [-0.39, 0.29) is 5.82 Å². The van der Waals surface area contributed by atoms with Gasteiger partial charge in [-0.3, -0.25) is 0 Å². The standard InChI is InChI=1S/C18H14FN5OS/c19-14-6-4-5-13(9-14)18-20-15(10-25-18)11-26-12-17-21-22-23-24(17)16-7-2-1-3-8-16/h1-10H,11-12H2. The summed E-state index contributed by atoms with van der Waals surface area (Å²) in [6, 6.07) is 15.9. The van der Waals surface area contributed by atoms with E-state index in [1.165, 1.54) is 12.1 Å². The molecule has 0 saturated heterocycles. The molecule has 130 valence electrons. The Kier molecular flexibility index (Phi) is 4.74. The van der Waals surface area contributed by atoms with Crippen LogP contribution >= 0.6 is 11.8 Å². The Morgan fingerprint density at radius 2 is 1.92 bits per heavy atom. The maximum Gasteiger partial charge on any atom is 0.226 e. The number of hydrogen-bond acceptors (Lipinski definition) is 6. The lowest BCUT2D eigenvalue weighted by Crippen LogP contribution is -2.02. The second kappa shape index (κ2) is 7.49. The average Bonchev–Trinajstić information content (AvgIpc) is 3.32. The lowest BCUT2D eigenvalue weighted by molar-refractivity contribution is 0.571. The van der Waals surface area contributed by atoms with E-state index >= 15 is 0 Å². The van der Waals surface area contributed by atoms with Crippen LogP contribution in [-0.2, 0) is 11.5 Å². The molecule has 0 bridgehead atoms. The number of hydrogen-bond donors (Lipinski definition) is 0. The molecule has 2 aromatic carbocycles. The Morgan fingerprint density at radius 3 is 2.77 bits per heavy atom. The fourth-order valence-corrected chi connectivity index (χ4v) is 3.25. The van der Waals surface area contributed by atoms with Crippen LogP contribution in [0.1, 0.15) is 11.5 Å². The van der Waals surface area contributed by atoms with Crippen molar-refractivity contribution in [3.63, 3.8) is 0 Å². The summed E-state index contributed by atoms with van der Waals surface area (Å²) < 4.78 is 20.5. The maximum atomic E-state index is 13.3. The predicted octanol–water partition coefficient (Wildman–Crippen LogP) is 3.89. The predicted molar refractivity (Wildman–Crippen MR) is 96.0 cm³/mol. The van der Waals surface area contributed by atoms with Gasteiger partial charge in [-0.1, -0.05) is 24.3 Å². The van der Waals surface area contributed by atoms with Crippen molar-refractivity contribution in [3.8, 4) is 17.1 Å². The highest BCUT2D eigenvalue weighted by atomic mass is 32.2. The molecule has 4 rings (SSSR count).